The van der Waals surface area contributed by atoms with Crippen molar-refractivity contribution in [1.82, 2.24) is 0 Å². The molecular formula is C27H46O2. The predicted octanol–water partition coefficient (Wildman–Crippen LogP) is 6.60. The van der Waals surface area contributed by atoms with Gasteiger partial charge in [-0.05, 0) is 117 Å². The summed E-state index contributed by atoms with van der Waals surface area (Å²) in [7, 11) is 0. The first-order valence-electron chi connectivity index (χ1n) is 13.1. The fourth-order valence-electron chi connectivity index (χ4n) is 9.68. The van der Waals surface area contributed by atoms with E-state index < -0.39 is 0 Å². The smallest absolute Gasteiger partial charge is 0.115 e. The number of fused-ring (bicyclic) bond motifs is 5. The number of ether oxygens (including phenoxy) is 1. The minimum Gasteiger partial charge on any atom is -0.393 e. The molecule has 4 saturated carbocycles. The van der Waals surface area contributed by atoms with Crippen molar-refractivity contribution in [3.63, 3.8) is 0 Å². The summed E-state index contributed by atoms with van der Waals surface area (Å²) in [5, 5.41) is 9.50. The minimum absolute atomic E-state index is 0.179. The molecule has 0 amide bonds. The van der Waals surface area contributed by atoms with Gasteiger partial charge in [-0.15, -0.1) is 0 Å². The van der Waals surface area contributed by atoms with Crippen LogP contribution in [0.2, 0.25) is 0 Å². The fourth-order valence-corrected chi connectivity index (χ4v) is 9.68. The Morgan fingerprint density at radius 2 is 1.69 bits per heavy atom. The van der Waals surface area contributed by atoms with Crippen molar-refractivity contribution in [3.8, 4) is 0 Å². The van der Waals surface area contributed by atoms with Crippen LogP contribution in [0.1, 0.15) is 105 Å². The zero-order valence-electron chi connectivity index (χ0n) is 19.6. The summed E-state index contributed by atoms with van der Waals surface area (Å²) >= 11 is 0. The van der Waals surface area contributed by atoms with Gasteiger partial charge in [-0.1, -0.05) is 33.6 Å². The topological polar surface area (TPSA) is 32.8 Å². The lowest BCUT2D eigenvalue weighted by Gasteiger charge is -2.61. The van der Waals surface area contributed by atoms with Crippen LogP contribution in [-0.4, -0.2) is 23.4 Å². The van der Waals surface area contributed by atoms with Gasteiger partial charge in [0.05, 0.1) is 12.7 Å². The van der Waals surface area contributed by atoms with Gasteiger partial charge in [0.25, 0.3) is 0 Å². The lowest BCUT2D eigenvalue weighted by molar-refractivity contribution is -0.114. The van der Waals surface area contributed by atoms with Crippen molar-refractivity contribution in [2.24, 2.45) is 46.3 Å². The highest BCUT2D eigenvalue weighted by Crippen LogP contribution is 2.68. The van der Waals surface area contributed by atoms with E-state index in [-0.39, 0.29) is 12.2 Å². The van der Waals surface area contributed by atoms with Crippen molar-refractivity contribution < 1.29 is 9.84 Å². The SMILES string of the molecule is C[C@H](CC[C@@H]1OC1(C)CO)[C@H]1CC[C@H]2[C@@H]3CCC4CCCC[C@]4(C)[C@H]3CC[C@]12C. The molecule has 2 nitrogen and oxygen atoms in total. The summed E-state index contributed by atoms with van der Waals surface area (Å²) in [5.41, 5.74) is 1.03. The maximum Gasteiger partial charge on any atom is 0.115 e. The fraction of sp³-hybridized carbons (Fsp3) is 1.00. The second kappa shape index (κ2) is 7.22. The summed E-state index contributed by atoms with van der Waals surface area (Å²) in [6.45, 7) is 10.2. The van der Waals surface area contributed by atoms with Crippen molar-refractivity contribution in [1.29, 1.82) is 0 Å². The number of hydrogen-bond donors (Lipinski definition) is 1. The molecule has 5 aliphatic rings. The van der Waals surface area contributed by atoms with E-state index in [0.717, 1.165) is 41.9 Å². The van der Waals surface area contributed by atoms with Gasteiger partial charge in [-0.3, -0.25) is 0 Å². The van der Waals surface area contributed by atoms with Crippen LogP contribution < -0.4 is 0 Å². The molecule has 5 rings (SSSR count). The molecule has 1 aliphatic heterocycles. The van der Waals surface area contributed by atoms with Crippen molar-refractivity contribution >= 4 is 0 Å². The average Bonchev–Trinajstić information content (AvgIpc) is 3.23. The molecule has 0 aromatic rings. The Bertz CT molecular complexity index is 618. The van der Waals surface area contributed by atoms with Gasteiger partial charge >= 0.3 is 0 Å². The number of rotatable bonds is 5. The minimum atomic E-state index is -0.228. The molecule has 2 heteroatoms. The molecule has 2 unspecified atom stereocenters. The van der Waals surface area contributed by atoms with Crippen LogP contribution in [0.3, 0.4) is 0 Å². The molecule has 10 atom stereocenters. The molecule has 1 N–H and O–H groups in total. The van der Waals surface area contributed by atoms with E-state index in [1.807, 2.05) is 0 Å². The maximum atomic E-state index is 9.50. The molecule has 1 saturated heterocycles. The normalized spacial score (nSPS) is 54.9. The van der Waals surface area contributed by atoms with Gasteiger partial charge < -0.3 is 9.84 Å². The van der Waals surface area contributed by atoms with Gasteiger partial charge in [0.15, 0.2) is 0 Å². The van der Waals surface area contributed by atoms with Gasteiger partial charge in [0, 0.05) is 0 Å². The predicted molar refractivity (Wildman–Crippen MR) is 119 cm³/mol. The first-order chi connectivity index (χ1) is 13.8. The van der Waals surface area contributed by atoms with E-state index in [0.29, 0.717) is 16.9 Å². The van der Waals surface area contributed by atoms with Crippen LogP contribution in [0.4, 0.5) is 0 Å². The van der Waals surface area contributed by atoms with Crippen LogP contribution in [0.15, 0.2) is 0 Å². The van der Waals surface area contributed by atoms with E-state index in [1.54, 1.807) is 0 Å². The summed E-state index contributed by atoms with van der Waals surface area (Å²) in [5.74, 6) is 5.79. The molecule has 166 valence electrons. The molecule has 0 bridgehead atoms. The second-order valence-corrected chi connectivity index (χ2v) is 12.8. The van der Waals surface area contributed by atoms with E-state index in [2.05, 4.69) is 27.7 Å². The number of hydrogen-bond acceptors (Lipinski definition) is 2. The Labute approximate surface area is 179 Å². The number of epoxide rings is 1. The van der Waals surface area contributed by atoms with Crippen LogP contribution in [-0.2, 0) is 4.74 Å². The Morgan fingerprint density at radius 3 is 2.45 bits per heavy atom. The van der Waals surface area contributed by atoms with Crippen LogP contribution in [0.25, 0.3) is 0 Å². The van der Waals surface area contributed by atoms with Gasteiger partial charge in [-0.25, -0.2) is 0 Å². The van der Waals surface area contributed by atoms with Crippen LogP contribution in [0.5, 0.6) is 0 Å². The Kier molecular flexibility index (Phi) is 5.18. The molecule has 4 aliphatic carbocycles. The van der Waals surface area contributed by atoms with Crippen molar-refractivity contribution in [2.45, 2.75) is 116 Å². The largest absolute Gasteiger partial charge is 0.393 e. The Morgan fingerprint density at radius 1 is 0.897 bits per heavy atom. The molecule has 5 fully saturated rings. The lowest BCUT2D eigenvalue weighted by Crippen LogP contribution is -2.53. The summed E-state index contributed by atoms with van der Waals surface area (Å²) in [6.07, 6.45) is 17.8. The zero-order valence-corrected chi connectivity index (χ0v) is 19.6. The number of aliphatic hydroxyl groups is 1. The number of aliphatic hydroxyl groups excluding tert-OH is 1. The molecule has 29 heavy (non-hydrogen) atoms. The molecule has 0 spiro atoms. The maximum absolute atomic E-state index is 9.50. The Hall–Kier alpha value is -0.0800. The first-order valence-corrected chi connectivity index (χ1v) is 13.1. The molecular weight excluding hydrogens is 356 g/mol. The highest BCUT2D eigenvalue weighted by atomic mass is 16.6. The third-order valence-electron chi connectivity index (χ3n) is 11.6. The molecule has 0 radical (unpaired) electrons. The second-order valence-electron chi connectivity index (χ2n) is 12.8. The summed E-state index contributed by atoms with van der Waals surface area (Å²) in [4.78, 5) is 0. The third kappa shape index (κ3) is 3.17. The van der Waals surface area contributed by atoms with Crippen molar-refractivity contribution in [2.75, 3.05) is 6.61 Å². The highest BCUT2D eigenvalue weighted by molar-refractivity contribution is 5.09. The van der Waals surface area contributed by atoms with E-state index in [4.69, 9.17) is 4.74 Å². The van der Waals surface area contributed by atoms with E-state index in [1.165, 1.54) is 70.6 Å². The monoisotopic (exact) mass is 402 g/mol. The lowest BCUT2D eigenvalue weighted by atomic mass is 9.44. The Balaban J connectivity index is 1.26. The van der Waals surface area contributed by atoms with Gasteiger partial charge in [0.1, 0.15) is 5.60 Å². The van der Waals surface area contributed by atoms with Crippen LogP contribution in [0, 0.1) is 46.3 Å². The quantitative estimate of drug-likeness (QED) is 0.525. The summed E-state index contributed by atoms with van der Waals surface area (Å²) < 4.78 is 5.78. The summed E-state index contributed by atoms with van der Waals surface area (Å²) in [6, 6.07) is 0. The molecule has 0 aromatic carbocycles. The molecule has 0 aromatic heterocycles. The zero-order chi connectivity index (χ0) is 20.4. The average molecular weight is 403 g/mol. The van der Waals surface area contributed by atoms with E-state index in [9.17, 15) is 5.11 Å². The van der Waals surface area contributed by atoms with Crippen molar-refractivity contribution in [3.05, 3.63) is 0 Å². The highest BCUT2D eigenvalue weighted by Gasteiger charge is 2.60. The van der Waals surface area contributed by atoms with E-state index >= 15 is 0 Å². The standard InChI is InChI=1S/C27H46O2/c1-18(8-13-24-27(4,17-28)29-24)21-11-12-22-20-10-9-19-7-5-6-15-25(19,2)23(20)14-16-26(21,22)3/h18-24,28H,5-17H2,1-4H3/t18-,19?,20+,21-,22+,23+,24+,25+,26-,27?/m1/s1. The third-order valence-corrected chi connectivity index (χ3v) is 11.6. The molecule has 1 heterocycles. The first kappa shape index (κ1) is 20.8. The van der Waals surface area contributed by atoms with Gasteiger partial charge in [0.2, 0.25) is 0 Å². The van der Waals surface area contributed by atoms with Crippen LogP contribution >= 0.6 is 0 Å². The van der Waals surface area contributed by atoms with Gasteiger partial charge in [-0.2, -0.15) is 0 Å².